The Morgan fingerprint density at radius 1 is 1.13 bits per heavy atom. The summed E-state index contributed by atoms with van der Waals surface area (Å²) in [7, 11) is 1.61. The average molecular weight is 430 g/mol. The van der Waals surface area contributed by atoms with Crippen LogP contribution in [0.15, 0.2) is 17.9 Å². The summed E-state index contributed by atoms with van der Waals surface area (Å²) in [5.41, 5.74) is 3.55. The largest absolute Gasteiger partial charge is 0.430 e. The highest BCUT2D eigenvalue weighted by Gasteiger charge is 2.39. The molecule has 6 heteroatoms. The number of hydrogen-bond acceptors (Lipinski definition) is 5. The molecule has 1 N–H and O–H groups in total. The van der Waals surface area contributed by atoms with Crippen LogP contribution in [0.2, 0.25) is 0 Å². The standard InChI is InChI=1S/C25H35NO5/c1-15-11-16(2)21(17(3)12-15)22-19(31-24(29)25(4,5)6)13-18(23(22)28)14-20(27)26-9-8-10-30-7/h11-12,18H,8-10,13-14H2,1-7H3,(H,26,27). The van der Waals surface area contributed by atoms with E-state index in [9.17, 15) is 14.4 Å². The Morgan fingerprint density at radius 3 is 2.29 bits per heavy atom. The van der Waals surface area contributed by atoms with Crippen LogP contribution in [0.25, 0.3) is 5.57 Å². The molecule has 2 rings (SSSR count). The second-order valence-electron chi connectivity index (χ2n) is 9.38. The lowest BCUT2D eigenvalue weighted by atomic mass is 9.90. The van der Waals surface area contributed by atoms with Crippen LogP contribution in [0.3, 0.4) is 0 Å². The quantitative estimate of drug-likeness (QED) is 0.498. The zero-order valence-electron chi connectivity index (χ0n) is 19.8. The van der Waals surface area contributed by atoms with E-state index in [4.69, 9.17) is 9.47 Å². The van der Waals surface area contributed by atoms with Crippen molar-refractivity contribution in [1.82, 2.24) is 5.32 Å². The Hall–Kier alpha value is -2.47. The Kier molecular flexibility index (Phi) is 8.18. The third-order valence-corrected chi connectivity index (χ3v) is 5.36. The fourth-order valence-corrected chi connectivity index (χ4v) is 3.86. The van der Waals surface area contributed by atoms with Gasteiger partial charge in [0.15, 0.2) is 5.78 Å². The molecular formula is C25H35NO5. The molecule has 1 aliphatic rings. The molecule has 0 aliphatic heterocycles. The molecule has 0 radical (unpaired) electrons. The normalized spacial score (nSPS) is 16.6. The molecule has 0 fully saturated rings. The summed E-state index contributed by atoms with van der Waals surface area (Å²) in [5.74, 6) is -0.884. The van der Waals surface area contributed by atoms with Crippen molar-refractivity contribution in [2.24, 2.45) is 11.3 Å². The maximum atomic E-state index is 13.4. The fraction of sp³-hybridized carbons (Fsp3) is 0.560. The number of methoxy groups -OCH3 is 1. The van der Waals surface area contributed by atoms with Gasteiger partial charge in [0.2, 0.25) is 5.91 Å². The predicted octanol–water partition coefficient (Wildman–Crippen LogP) is 4.04. The molecule has 0 saturated heterocycles. The van der Waals surface area contributed by atoms with Gasteiger partial charge < -0.3 is 14.8 Å². The summed E-state index contributed by atoms with van der Waals surface area (Å²) in [5, 5.41) is 2.83. The van der Waals surface area contributed by atoms with Crippen LogP contribution in [-0.4, -0.2) is 37.9 Å². The lowest BCUT2D eigenvalue weighted by Gasteiger charge is -2.18. The van der Waals surface area contributed by atoms with Gasteiger partial charge in [0.1, 0.15) is 5.76 Å². The van der Waals surface area contributed by atoms with E-state index in [1.165, 1.54) is 0 Å². The number of Topliss-reactive ketones (excluding diaryl/α,β-unsaturated/α-hetero) is 1. The summed E-state index contributed by atoms with van der Waals surface area (Å²) in [4.78, 5) is 38.4. The Morgan fingerprint density at radius 2 is 1.74 bits per heavy atom. The summed E-state index contributed by atoms with van der Waals surface area (Å²) >= 11 is 0. The molecule has 6 nitrogen and oxygen atoms in total. The highest BCUT2D eigenvalue weighted by molar-refractivity contribution is 6.26. The van der Waals surface area contributed by atoms with Gasteiger partial charge in [-0.1, -0.05) is 17.7 Å². The van der Waals surface area contributed by atoms with Crippen molar-refractivity contribution in [3.63, 3.8) is 0 Å². The average Bonchev–Trinajstić information content (AvgIpc) is 2.93. The zero-order chi connectivity index (χ0) is 23.3. The molecule has 31 heavy (non-hydrogen) atoms. The minimum Gasteiger partial charge on any atom is -0.430 e. The first-order valence-electron chi connectivity index (χ1n) is 10.8. The van der Waals surface area contributed by atoms with Gasteiger partial charge >= 0.3 is 5.97 Å². The van der Waals surface area contributed by atoms with Gasteiger partial charge in [-0.3, -0.25) is 14.4 Å². The smallest absolute Gasteiger partial charge is 0.316 e. The van der Waals surface area contributed by atoms with Crippen LogP contribution in [-0.2, 0) is 23.9 Å². The van der Waals surface area contributed by atoms with E-state index in [0.29, 0.717) is 30.9 Å². The minimum atomic E-state index is -0.699. The number of hydrogen-bond donors (Lipinski definition) is 1. The number of esters is 1. The number of amides is 1. The van der Waals surface area contributed by atoms with E-state index in [1.807, 2.05) is 32.9 Å². The van der Waals surface area contributed by atoms with Crippen molar-refractivity contribution in [2.75, 3.05) is 20.3 Å². The number of aryl methyl sites for hydroxylation is 3. The SMILES string of the molecule is COCCCNC(=O)CC1CC(OC(=O)C(C)(C)C)=C(c2c(C)cc(C)cc2C)C1=O. The molecule has 1 amide bonds. The Balaban J connectivity index is 2.32. The van der Waals surface area contributed by atoms with Crippen molar-refractivity contribution in [1.29, 1.82) is 0 Å². The second-order valence-corrected chi connectivity index (χ2v) is 9.38. The van der Waals surface area contributed by atoms with Crippen molar-refractivity contribution >= 4 is 23.2 Å². The number of carbonyl (C=O) groups excluding carboxylic acids is 3. The van der Waals surface area contributed by atoms with Gasteiger partial charge in [0.25, 0.3) is 0 Å². The van der Waals surface area contributed by atoms with Gasteiger partial charge in [-0.2, -0.15) is 0 Å². The Labute approximate surface area is 185 Å². The summed E-state index contributed by atoms with van der Waals surface area (Å²) in [6.07, 6.45) is 1.02. The molecule has 1 aromatic carbocycles. The molecule has 1 aromatic rings. The van der Waals surface area contributed by atoms with Gasteiger partial charge in [0, 0.05) is 39.0 Å². The molecule has 0 bridgehead atoms. The third kappa shape index (κ3) is 6.26. The lowest BCUT2D eigenvalue weighted by molar-refractivity contribution is -0.148. The van der Waals surface area contributed by atoms with Gasteiger partial charge in [0.05, 0.1) is 11.0 Å². The van der Waals surface area contributed by atoms with Gasteiger partial charge in [-0.05, 0) is 64.7 Å². The van der Waals surface area contributed by atoms with E-state index in [0.717, 1.165) is 22.3 Å². The number of nitrogens with one attached hydrogen (secondary N) is 1. The van der Waals surface area contributed by atoms with Gasteiger partial charge in [-0.15, -0.1) is 0 Å². The first kappa shape index (κ1) is 24.8. The molecule has 0 aromatic heterocycles. The van der Waals surface area contributed by atoms with Crippen LogP contribution < -0.4 is 5.32 Å². The van der Waals surface area contributed by atoms with Crippen molar-refractivity contribution in [3.8, 4) is 0 Å². The maximum Gasteiger partial charge on any atom is 0.316 e. The second kappa shape index (κ2) is 10.2. The topological polar surface area (TPSA) is 81.7 Å². The summed E-state index contributed by atoms with van der Waals surface area (Å²) < 4.78 is 10.7. The van der Waals surface area contributed by atoms with E-state index < -0.39 is 11.3 Å². The highest BCUT2D eigenvalue weighted by Crippen LogP contribution is 2.40. The third-order valence-electron chi connectivity index (χ3n) is 5.36. The van der Waals surface area contributed by atoms with Crippen molar-refractivity contribution in [2.45, 2.75) is 60.8 Å². The number of benzene rings is 1. The first-order chi connectivity index (χ1) is 14.5. The first-order valence-corrected chi connectivity index (χ1v) is 10.8. The maximum absolute atomic E-state index is 13.4. The molecule has 1 aliphatic carbocycles. The number of rotatable bonds is 8. The van der Waals surface area contributed by atoms with Crippen molar-refractivity contribution < 1.29 is 23.9 Å². The molecular weight excluding hydrogens is 394 g/mol. The molecule has 0 spiro atoms. The highest BCUT2D eigenvalue weighted by atomic mass is 16.5. The van der Waals surface area contributed by atoms with E-state index in [1.54, 1.807) is 27.9 Å². The van der Waals surface area contributed by atoms with E-state index in [2.05, 4.69) is 5.32 Å². The van der Waals surface area contributed by atoms with E-state index in [-0.39, 0.29) is 30.5 Å². The molecule has 170 valence electrons. The van der Waals surface area contributed by atoms with Crippen LogP contribution in [0.5, 0.6) is 0 Å². The lowest BCUT2D eigenvalue weighted by Crippen LogP contribution is -2.28. The number of carbonyl (C=O) groups is 3. The monoisotopic (exact) mass is 429 g/mol. The number of ketones is 1. The Bertz CT molecular complexity index is 869. The summed E-state index contributed by atoms with van der Waals surface area (Å²) in [6, 6.07) is 4.03. The molecule has 0 heterocycles. The predicted molar refractivity (Wildman–Crippen MR) is 120 cm³/mol. The van der Waals surface area contributed by atoms with Gasteiger partial charge in [-0.25, -0.2) is 0 Å². The van der Waals surface area contributed by atoms with Crippen LogP contribution in [0, 0.1) is 32.1 Å². The minimum absolute atomic E-state index is 0.0653. The zero-order valence-corrected chi connectivity index (χ0v) is 19.8. The van der Waals surface area contributed by atoms with Crippen LogP contribution in [0.4, 0.5) is 0 Å². The number of ether oxygens (including phenoxy) is 2. The van der Waals surface area contributed by atoms with Crippen molar-refractivity contribution in [3.05, 3.63) is 40.1 Å². The van der Waals surface area contributed by atoms with Crippen LogP contribution >= 0.6 is 0 Å². The summed E-state index contributed by atoms with van der Waals surface area (Å²) in [6.45, 7) is 12.3. The number of allylic oxidation sites excluding steroid dienone is 2. The molecule has 0 saturated carbocycles. The fourth-order valence-electron chi connectivity index (χ4n) is 3.86. The van der Waals surface area contributed by atoms with E-state index >= 15 is 0 Å². The molecule has 1 unspecified atom stereocenters. The molecule has 1 atom stereocenters. The van der Waals surface area contributed by atoms with Crippen LogP contribution in [0.1, 0.15) is 62.3 Å².